The van der Waals surface area contributed by atoms with Gasteiger partial charge in [0.15, 0.2) is 0 Å². The van der Waals surface area contributed by atoms with Crippen LogP contribution in [0.5, 0.6) is 0 Å². The molecule has 10 heteroatoms. The van der Waals surface area contributed by atoms with E-state index in [1.54, 1.807) is 4.90 Å². The largest absolute Gasteiger partial charge is 0.447 e. The lowest BCUT2D eigenvalue weighted by molar-refractivity contribution is -0.0893. The first-order chi connectivity index (χ1) is 19.4. The van der Waals surface area contributed by atoms with Crippen LogP contribution < -0.4 is 15.1 Å². The number of nitrogens with one attached hydrogen (secondary N) is 1. The zero-order valence-electron chi connectivity index (χ0n) is 24.9. The van der Waals surface area contributed by atoms with Crippen molar-refractivity contribution in [3.05, 3.63) is 53.9 Å². The number of amides is 1. The molecule has 0 bridgehead atoms. The molecule has 6 heterocycles. The smallest absolute Gasteiger partial charge is 0.415 e. The average Bonchev–Trinajstić information content (AvgIpc) is 3.23. The van der Waals surface area contributed by atoms with Crippen molar-refractivity contribution < 1.29 is 14.3 Å². The summed E-state index contributed by atoms with van der Waals surface area (Å²) < 4.78 is 11.6. The number of hydrogen-bond donors (Lipinski definition) is 1. The second-order valence-electron chi connectivity index (χ2n) is 13.2. The second kappa shape index (κ2) is 9.65. The van der Waals surface area contributed by atoms with Gasteiger partial charge in [-0.25, -0.2) is 14.8 Å². The Morgan fingerprint density at radius 1 is 1.07 bits per heavy atom. The number of ether oxygens (including phenoxy) is 2. The number of anilines is 4. The van der Waals surface area contributed by atoms with E-state index >= 15 is 0 Å². The first-order valence-electron chi connectivity index (χ1n) is 14.3. The summed E-state index contributed by atoms with van der Waals surface area (Å²) in [4.78, 5) is 35.8. The minimum absolute atomic E-state index is 0.0307. The van der Waals surface area contributed by atoms with E-state index < -0.39 is 0 Å². The minimum atomic E-state index is -0.377. The highest BCUT2D eigenvalue weighted by molar-refractivity contribution is 5.99. The van der Waals surface area contributed by atoms with Crippen molar-refractivity contribution >= 4 is 35.2 Å². The molecule has 0 spiro atoms. The van der Waals surface area contributed by atoms with E-state index in [0.29, 0.717) is 31.5 Å². The maximum absolute atomic E-state index is 12.5. The number of hydrogen-bond acceptors (Lipinski definition) is 9. The standard InChI is InChI=1S/C31H39N7O3/c1-19-17-40-28(39)37(19)24-9-8-10-25(35-24)38-23-15-30(5,6)41-18-31(23,7)21-16-33-27(36-26(21)38)34-20-11-12-22(29(2,3)4)32-14-13-20/h8-13,16,19,23H,14-15,17-18H2,1-7H3,(H,33,34,36)/t19?,23-,31?/m1/s1. The number of rotatable bonds is 4. The molecular formula is C31H39N7O3. The molecule has 10 nitrogen and oxygen atoms in total. The molecule has 0 aromatic carbocycles. The Morgan fingerprint density at radius 3 is 2.54 bits per heavy atom. The van der Waals surface area contributed by atoms with E-state index in [0.717, 1.165) is 35.0 Å². The fourth-order valence-electron chi connectivity index (χ4n) is 6.02. The molecule has 216 valence electrons. The predicted molar refractivity (Wildman–Crippen MR) is 160 cm³/mol. The van der Waals surface area contributed by atoms with Crippen LogP contribution in [0.15, 0.2) is 53.3 Å². The average molecular weight is 558 g/mol. The molecule has 2 aromatic rings. The van der Waals surface area contributed by atoms with E-state index in [1.807, 2.05) is 43.5 Å². The van der Waals surface area contributed by atoms with Gasteiger partial charge in [-0.15, -0.1) is 0 Å². The maximum atomic E-state index is 12.5. The van der Waals surface area contributed by atoms with E-state index in [-0.39, 0.29) is 34.6 Å². The van der Waals surface area contributed by atoms with Crippen LogP contribution in [0.25, 0.3) is 0 Å². The van der Waals surface area contributed by atoms with Gasteiger partial charge in [0.25, 0.3) is 0 Å². The Hall–Kier alpha value is -3.79. The third-order valence-electron chi connectivity index (χ3n) is 8.42. The first kappa shape index (κ1) is 27.4. The normalized spacial score (nSPS) is 27.0. The van der Waals surface area contributed by atoms with Crippen molar-refractivity contribution in [2.24, 2.45) is 10.4 Å². The topological polar surface area (TPSA) is 105 Å². The number of allylic oxidation sites excluding steroid dienone is 2. The lowest BCUT2D eigenvalue weighted by Crippen LogP contribution is -2.54. The van der Waals surface area contributed by atoms with Crippen molar-refractivity contribution in [3.8, 4) is 0 Å². The number of pyridine rings is 1. The predicted octanol–water partition coefficient (Wildman–Crippen LogP) is 5.55. The zero-order valence-corrected chi connectivity index (χ0v) is 24.9. The molecule has 2 aromatic heterocycles. The van der Waals surface area contributed by atoms with Crippen LogP contribution in [0.1, 0.15) is 60.5 Å². The molecule has 0 radical (unpaired) electrons. The highest BCUT2D eigenvalue weighted by atomic mass is 16.6. The summed E-state index contributed by atoms with van der Waals surface area (Å²) >= 11 is 0. The molecule has 2 fully saturated rings. The number of carbonyl (C=O) groups is 1. The fourth-order valence-corrected chi connectivity index (χ4v) is 6.02. The minimum Gasteiger partial charge on any atom is -0.447 e. The van der Waals surface area contributed by atoms with E-state index in [1.165, 1.54) is 0 Å². The van der Waals surface area contributed by atoms with Crippen LogP contribution in [0.4, 0.5) is 28.2 Å². The number of carbonyl (C=O) groups excluding carboxylic acids is 1. The molecule has 2 saturated heterocycles. The number of nitrogens with zero attached hydrogens (tertiary/aromatic N) is 6. The summed E-state index contributed by atoms with van der Waals surface area (Å²) in [5, 5.41) is 3.40. The summed E-state index contributed by atoms with van der Waals surface area (Å²) in [7, 11) is 0. The van der Waals surface area contributed by atoms with Gasteiger partial charge in [0.2, 0.25) is 5.95 Å². The van der Waals surface area contributed by atoms with Gasteiger partial charge in [0.1, 0.15) is 24.1 Å². The highest BCUT2D eigenvalue weighted by Gasteiger charge is 2.55. The van der Waals surface area contributed by atoms with Gasteiger partial charge in [0.05, 0.1) is 30.8 Å². The summed E-state index contributed by atoms with van der Waals surface area (Å²) in [6.45, 7) is 16.4. The van der Waals surface area contributed by atoms with Crippen LogP contribution in [0, 0.1) is 5.41 Å². The molecule has 41 heavy (non-hydrogen) atoms. The van der Waals surface area contributed by atoms with Crippen molar-refractivity contribution in [1.29, 1.82) is 0 Å². The van der Waals surface area contributed by atoms with Crippen LogP contribution in [0.2, 0.25) is 0 Å². The zero-order chi connectivity index (χ0) is 29.2. The summed E-state index contributed by atoms with van der Waals surface area (Å²) in [6, 6.07) is 5.71. The van der Waals surface area contributed by atoms with Gasteiger partial charge in [-0.1, -0.05) is 33.8 Å². The Balaban J connectivity index is 1.38. The van der Waals surface area contributed by atoms with Crippen molar-refractivity contribution in [3.63, 3.8) is 0 Å². The number of fused-ring (bicyclic) bond motifs is 3. The Kier molecular flexibility index (Phi) is 6.44. The molecule has 0 saturated carbocycles. The molecule has 1 amide bonds. The maximum Gasteiger partial charge on any atom is 0.415 e. The molecule has 3 atom stereocenters. The Labute approximate surface area is 241 Å². The third-order valence-corrected chi connectivity index (χ3v) is 8.42. The van der Waals surface area contributed by atoms with Crippen molar-refractivity contribution in [1.82, 2.24) is 15.0 Å². The molecule has 0 aliphatic carbocycles. The van der Waals surface area contributed by atoms with Crippen LogP contribution in [0.3, 0.4) is 0 Å². The summed E-state index contributed by atoms with van der Waals surface area (Å²) in [5.41, 5.74) is 2.29. The van der Waals surface area contributed by atoms with Gasteiger partial charge >= 0.3 is 6.09 Å². The summed E-state index contributed by atoms with van der Waals surface area (Å²) in [5.74, 6) is 2.58. The molecule has 2 unspecified atom stereocenters. The van der Waals surface area contributed by atoms with Gasteiger partial charge in [0, 0.05) is 34.0 Å². The molecule has 1 N–H and O–H groups in total. The molecule has 6 rings (SSSR count). The first-order valence-corrected chi connectivity index (χ1v) is 14.3. The monoisotopic (exact) mass is 557 g/mol. The van der Waals surface area contributed by atoms with E-state index in [4.69, 9.17) is 29.4 Å². The Bertz CT molecular complexity index is 1470. The van der Waals surface area contributed by atoms with E-state index in [9.17, 15) is 4.79 Å². The van der Waals surface area contributed by atoms with E-state index in [2.05, 4.69) is 57.8 Å². The van der Waals surface area contributed by atoms with Gasteiger partial charge in [-0.05, 0) is 57.6 Å². The quantitative estimate of drug-likeness (QED) is 0.522. The third kappa shape index (κ3) is 4.88. The summed E-state index contributed by atoms with van der Waals surface area (Å²) in [6.07, 6.45) is 8.45. The van der Waals surface area contributed by atoms with Crippen molar-refractivity contribution in [2.75, 3.05) is 34.9 Å². The van der Waals surface area contributed by atoms with Crippen LogP contribution in [-0.4, -0.2) is 64.2 Å². The lowest BCUT2D eigenvalue weighted by Gasteiger charge is -2.46. The van der Waals surface area contributed by atoms with Gasteiger partial charge < -0.3 is 19.7 Å². The van der Waals surface area contributed by atoms with Gasteiger partial charge in [-0.3, -0.25) is 9.89 Å². The van der Waals surface area contributed by atoms with Crippen molar-refractivity contribution in [2.45, 2.75) is 78.0 Å². The second-order valence-corrected chi connectivity index (χ2v) is 13.2. The Morgan fingerprint density at radius 2 is 1.83 bits per heavy atom. The molecular weight excluding hydrogens is 518 g/mol. The van der Waals surface area contributed by atoms with Gasteiger partial charge in [-0.2, -0.15) is 4.98 Å². The molecule has 4 aliphatic heterocycles. The molecule has 4 aliphatic rings. The fraction of sp³-hybridized carbons (Fsp3) is 0.516. The number of aromatic nitrogens is 3. The number of cyclic esters (lactones) is 1. The number of aliphatic imine (C=N–C) groups is 1. The van der Waals surface area contributed by atoms with Crippen LogP contribution in [-0.2, 0) is 14.9 Å². The highest BCUT2D eigenvalue weighted by Crippen LogP contribution is 2.53. The lowest BCUT2D eigenvalue weighted by atomic mass is 9.73. The van der Waals surface area contributed by atoms with Crippen LogP contribution >= 0.6 is 0 Å². The SMILES string of the molecule is CC1COC(=O)N1c1cccc(N2c3nc(NC4=CCN=C(C(C)(C)C)C=C4)ncc3C3(C)COC(C)(C)C[C@@H]23)n1.